The molecule has 2 amide bonds. The quantitative estimate of drug-likeness (QED) is 0.769. The van der Waals surface area contributed by atoms with Gasteiger partial charge in [-0.1, -0.05) is 18.2 Å². The van der Waals surface area contributed by atoms with Crippen molar-refractivity contribution in [3.05, 3.63) is 40.3 Å². The highest BCUT2D eigenvalue weighted by Gasteiger charge is 2.25. The van der Waals surface area contributed by atoms with Gasteiger partial charge in [-0.2, -0.15) is 5.10 Å². The second kappa shape index (κ2) is 7.87. The fourth-order valence-electron chi connectivity index (χ4n) is 3.27. The van der Waals surface area contributed by atoms with Gasteiger partial charge < -0.3 is 9.80 Å². The third-order valence-corrected chi connectivity index (χ3v) is 4.89. The summed E-state index contributed by atoms with van der Waals surface area (Å²) in [5, 5.41) is 5.31. The number of benzene rings is 1. The molecule has 0 N–H and O–H groups in total. The van der Waals surface area contributed by atoms with Gasteiger partial charge in [0.25, 0.3) is 11.5 Å². The molecule has 1 aromatic carbocycles. The molecule has 27 heavy (non-hydrogen) atoms. The molecule has 0 radical (unpaired) electrons. The first-order valence-corrected chi connectivity index (χ1v) is 9.06. The maximum atomic E-state index is 13.1. The van der Waals surface area contributed by atoms with E-state index in [9.17, 15) is 14.4 Å². The first-order chi connectivity index (χ1) is 12.9. The Morgan fingerprint density at radius 3 is 2.48 bits per heavy atom. The Labute approximate surface area is 158 Å². The molecule has 1 saturated heterocycles. The van der Waals surface area contributed by atoms with Crippen LogP contribution < -0.4 is 5.56 Å². The van der Waals surface area contributed by atoms with Crippen LogP contribution in [0.2, 0.25) is 0 Å². The van der Waals surface area contributed by atoms with E-state index in [1.807, 2.05) is 0 Å². The van der Waals surface area contributed by atoms with Gasteiger partial charge in [-0.3, -0.25) is 19.3 Å². The minimum Gasteiger partial charge on any atom is -0.348 e. The van der Waals surface area contributed by atoms with Crippen molar-refractivity contribution in [2.75, 3.05) is 46.8 Å². The highest BCUT2D eigenvalue weighted by atomic mass is 16.2. The first-order valence-electron chi connectivity index (χ1n) is 9.06. The zero-order valence-corrected chi connectivity index (χ0v) is 16.0. The average molecular weight is 371 g/mol. The molecule has 1 aliphatic heterocycles. The van der Waals surface area contributed by atoms with Gasteiger partial charge in [-0.05, 0) is 12.5 Å². The number of rotatable bonds is 3. The zero-order chi connectivity index (χ0) is 19.6. The van der Waals surface area contributed by atoms with Gasteiger partial charge in [-0.15, -0.1) is 0 Å². The molecule has 2 heterocycles. The van der Waals surface area contributed by atoms with Gasteiger partial charge in [0.15, 0.2) is 5.69 Å². The lowest BCUT2D eigenvalue weighted by atomic mass is 10.1. The summed E-state index contributed by atoms with van der Waals surface area (Å²) >= 11 is 0. The molecule has 2 aromatic rings. The molecular formula is C19H25N5O3. The van der Waals surface area contributed by atoms with Crippen LogP contribution in [0.25, 0.3) is 10.8 Å². The molecule has 144 valence electrons. The van der Waals surface area contributed by atoms with Crippen molar-refractivity contribution in [1.29, 1.82) is 0 Å². The summed E-state index contributed by atoms with van der Waals surface area (Å²) < 4.78 is 1.22. The minimum atomic E-state index is -0.216. The van der Waals surface area contributed by atoms with Gasteiger partial charge in [-0.25, -0.2) is 4.68 Å². The predicted molar refractivity (Wildman–Crippen MR) is 103 cm³/mol. The zero-order valence-electron chi connectivity index (χ0n) is 16.0. The lowest BCUT2D eigenvalue weighted by molar-refractivity contribution is -0.129. The van der Waals surface area contributed by atoms with Crippen LogP contribution in [0.3, 0.4) is 0 Å². The van der Waals surface area contributed by atoms with Crippen molar-refractivity contribution in [2.24, 2.45) is 7.05 Å². The first kappa shape index (κ1) is 19.0. The van der Waals surface area contributed by atoms with Gasteiger partial charge in [0.1, 0.15) is 0 Å². The fraction of sp³-hybridized carbons (Fsp3) is 0.474. The number of hydrogen-bond donors (Lipinski definition) is 0. The van der Waals surface area contributed by atoms with Crippen molar-refractivity contribution in [3.8, 4) is 0 Å². The van der Waals surface area contributed by atoms with E-state index in [0.717, 1.165) is 13.0 Å². The number of amides is 2. The summed E-state index contributed by atoms with van der Waals surface area (Å²) in [5.74, 6) is -0.122. The smallest absolute Gasteiger partial charge is 0.274 e. The van der Waals surface area contributed by atoms with Crippen LogP contribution in [0.4, 0.5) is 0 Å². The normalized spacial score (nSPS) is 15.6. The van der Waals surface area contributed by atoms with Crippen LogP contribution in [0.15, 0.2) is 29.1 Å². The summed E-state index contributed by atoms with van der Waals surface area (Å²) in [4.78, 5) is 42.7. The Morgan fingerprint density at radius 1 is 1.07 bits per heavy atom. The molecule has 3 rings (SSSR count). The van der Waals surface area contributed by atoms with E-state index in [-0.39, 0.29) is 17.4 Å². The number of likely N-dealkylation sites (N-methyl/N-ethyl adjacent to an activating group) is 1. The highest BCUT2D eigenvalue weighted by molar-refractivity contribution is 6.04. The second-order valence-corrected chi connectivity index (χ2v) is 7.03. The van der Waals surface area contributed by atoms with E-state index in [1.165, 1.54) is 4.68 Å². The van der Waals surface area contributed by atoms with Crippen LogP contribution in [0.1, 0.15) is 16.9 Å². The number of aryl methyl sites for hydroxylation is 1. The molecule has 1 fully saturated rings. The Morgan fingerprint density at radius 2 is 1.78 bits per heavy atom. The third kappa shape index (κ3) is 4.00. The van der Waals surface area contributed by atoms with Crippen molar-refractivity contribution >= 4 is 22.6 Å². The largest absolute Gasteiger partial charge is 0.348 e. The molecule has 0 atom stereocenters. The van der Waals surface area contributed by atoms with Crippen molar-refractivity contribution < 1.29 is 9.59 Å². The molecule has 0 spiro atoms. The standard InChI is InChI=1S/C19H25N5O3/c1-21(2)16(25)13-23-9-6-10-24(12-11-23)19(27)17-14-7-4-5-8-15(14)18(26)22(3)20-17/h4-5,7-8H,6,9-13H2,1-3H3. The summed E-state index contributed by atoms with van der Waals surface area (Å²) in [6, 6.07) is 7.06. The van der Waals surface area contributed by atoms with Gasteiger partial charge in [0.05, 0.1) is 11.9 Å². The maximum Gasteiger partial charge on any atom is 0.274 e. The van der Waals surface area contributed by atoms with Gasteiger partial charge in [0.2, 0.25) is 5.91 Å². The molecule has 0 saturated carbocycles. The van der Waals surface area contributed by atoms with Crippen molar-refractivity contribution in [2.45, 2.75) is 6.42 Å². The number of carbonyl (C=O) groups excluding carboxylic acids is 2. The molecular weight excluding hydrogens is 346 g/mol. The van der Waals surface area contributed by atoms with Crippen LogP contribution in [-0.4, -0.2) is 83.1 Å². The average Bonchev–Trinajstić information content (AvgIpc) is 2.89. The molecule has 0 bridgehead atoms. The van der Waals surface area contributed by atoms with Crippen molar-refractivity contribution in [1.82, 2.24) is 24.5 Å². The maximum absolute atomic E-state index is 13.1. The predicted octanol–water partition coefficient (Wildman–Crippen LogP) is 0.170. The molecule has 1 aliphatic rings. The number of nitrogens with zero attached hydrogens (tertiary/aromatic N) is 5. The van der Waals surface area contributed by atoms with E-state index in [1.54, 1.807) is 55.2 Å². The fourth-order valence-corrected chi connectivity index (χ4v) is 3.27. The summed E-state index contributed by atoms with van der Waals surface area (Å²) in [6.45, 7) is 2.89. The van der Waals surface area contributed by atoms with Crippen LogP contribution in [0, 0.1) is 0 Å². The number of fused-ring (bicyclic) bond motifs is 1. The molecule has 8 nitrogen and oxygen atoms in total. The Kier molecular flexibility index (Phi) is 5.55. The number of carbonyl (C=O) groups is 2. The van der Waals surface area contributed by atoms with Gasteiger partial charge in [0, 0.05) is 52.7 Å². The summed E-state index contributed by atoms with van der Waals surface area (Å²) in [7, 11) is 5.04. The third-order valence-electron chi connectivity index (χ3n) is 4.89. The lowest BCUT2D eigenvalue weighted by Crippen LogP contribution is -2.40. The monoisotopic (exact) mass is 371 g/mol. The van der Waals surface area contributed by atoms with Crippen LogP contribution in [0.5, 0.6) is 0 Å². The van der Waals surface area contributed by atoms with E-state index < -0.39 is 0 Å². The summed E-state index contributed by atoms with van der Waals surface area (Å²) in [6.07, 6.45) is 0.788. The highest BCUT2D eigenvalue weighted by Crippen LogP contribution is 2.16. The SMILES string of the molecule is CN(C)C(=O)CN1CCCN(C(=O)c2nn(C)c(=O)c3ccccc23)CC1. The van der Waals surface area contributed by atoms with Crippen molar-refractivity contribution in [3.63, 3.8) is 0 Å². The molecule has 1 aromatic heterocycles. The molecule has 0 aliphatic carbocycles. The topological polar surface area (TPSA) is 78.8 Å². The number of aromatic nitrogens is 2. The second-order valence-electron chi connectivity index (χ2n) is 7.03. The van der Waals surface area contributed by atoms with E-state index in [4.69, 9.17) is 0 Å². The van der Waals surface area contributed by atoms with Crippen LogP contribution >= 0.6 is 0 Å². The van der Waals surface area contributed by atoms with E-state index in [0.29, 0.717) is 42.6 Å². The Bertz CT molecular complexity index is 921. The molecule has 8 heteroatoms. The van der Waals surface area contributed by atoms with Gasteiger partial charge >= 0.3 is 0 Å². The van der Waals surface area contributed by atoms with Crippen LogP contribution in [-0.2, 0) is 11.8 Å². The Balaban J connectivity index is 1.81. The van der Waals surface area contributed by atoms with E-state index in [2.05, 4.69) is 10.00 Å². The number of hydrogen-bond acceptors (Lipinski definition) is 5. The minimum absolute atomic E-state index is 0.0560. The summed E-state index contributed by atoms with van der Waals surface area (Å²) in [5.41, 5.74) is 0.0805. The van der Waals surface area contributed by atoms with E-state index >= 15 is 0 Å². The Hall–Kier alpha value is -2.74. The molecule has 0 unspecified atom stereocenters. The lowest BCUT2D eigenvalue weighted by Gasteiger charge is -2.23.